The smallest absolute Gasteiger partial charge is 0.0991 e. The van der Waals surface area contributed by atoms with Gasteiger partial charge >= 0.3 is 0 Å². The normalized spacial score (nSPS) is 21.6. The molecule has 2 nitrogen and oxygen atoms in total. The van der Waals surface area contributed by atoms with Gasteiger partial charge in [0.05, 0.1) is 24.0 Å². The molecule has 0 unspecified atom stereocenters. The molecule has 1 aromatic carbocycles. The van der Waals surface area contributed by atoms with Gasteiger partial charge < -0.3 is 4.74 Å². The molecule has 1 aliphatic rings. The summed E-state index contributed by atoms with van der Waals surface area (Å²) in [5.41, 5.74) is 2.11. The van der Waals surface area contributed by atoms with E-state index >= 15 is 0 Å². The van der Waals surface area contributed by atoms with Crippen LogP contribution in [0.5, 0.6) is 0 Å². The molecule has 2 rings (SSSR count). The van der Waals surface area contributed by atoms with Gasteiger partial charge in [0.25, 0.3) is 0 Å². The van der Waals surface area contributed by atoms with Crippen LogP contribution in [0.2, 0.25) is 0 Å². The minimum Gasteiger partial charge on any atom is -0.498 e. The lowest BCUT2D eigenvalue weighted by atomic mass is 9.82. The van der Waals surface area contributed by atoms with Gasteiger partial charge in [0.15, 0.2) is 0 Å². The quantitative estimate of drug-likeness (QED) is 0.478. The van der Waals surface area contributed by atoms with Gasteiger partial charge in [0, 0.05) is 0 Å². The van der Waals surface area contributed by atoms with Crippen molar-refractivity contribution < 1.29 is 4.74 Å². The van der Waals surface area contributed by atoms with Crippen molar-refractivity contribution in [1.82, 2.24) is 0 Å². The maximum absolute atomic E-state index is 8.85. The van der Waals surface area contributed by atoms with Crippen molar-refractivity contribution in [3.8, 4) is 6.07 Å². The monoisotopic (exact) mass is 297 g/mol. The van der Waals surface area contributed by atoms with Crippen LogP contribution in [0.25, 0.3) is 0 Å². The highest BCUT2D eigenvalue weighted by molar-refractivity contribution is 5.33. The summed E-state index contributed by atoms with van der Waals surface area (Å²) in [6, 6.07) is 10.3. The molecule has 0 bridgehead atoms. The molecule has 0 amide bonds. The Bertz CT molecular complexity index is 489. The maximum Gasteiger partial charge on any atom is 0.0991 e. The fourth-order valence-corrected chi connectivity index (χ4v) is 3.11. The Labute approximate surface area is 134 Å². The summed E-state index contributed by atoms with van der Waals surface area (Å²) in [7, 11) is 0. The van der Waals surface area contributed by atoms with Gasteiger partial charge in [-0.05, 0) is 68.2 Å². The summed E-state index contributed by atoms with van der Waals surface area (Å²) in [5, 5.41) is 8.85. The van der Waals surface area contributed by atoms with Crippen LogP contribution in [-0.4, -0.2) is 6.10 Å². The summed E-state index contributed by atoms with van der Waals surface area (Å²) >= 11 is 0. The van der Waals surface area contributed by atoms with Gasteiger partial charge in [0.2, 0.25) is 0 Å². The van der Waals surface area contributed by atoms with E-state index in [1.54, 1.807) is 0 Å². The second kappa shape index (κ2) is 9.30. The topological polar surface area (TPSA) is 33.0 Å². The number of nitriles is 1. The lowest BCUT2D eigenvalue weighted by Crippen LogP contribution is -2.19. The molecule has 0 saturated heterocycles. The first kappa shape index (κ1) is 16.6. The van der Waals surface area contributed by atoms with Crippen LogP contribution in [0, 0.1) is 11.3 Å². The summed E-state index contributed by atoms with van der Waals surface area (Å²) in [6.45, 7) is 2.23. The lowest BCUT2D eigenvalue weighted by Gasteiger charge is -2.28. The molecule has 0 spiro atoms. The van der Waals surface area contributed by atoms with Crippen molar-refractivity contribution in [3.63, 3.8) is 0 Å². The third kappa shape index (κ3) is 5.22. The molecule has 2 heteroatoms. The second-order valence-electron chi connectivity index (χ2n) is 6.21. The van der Waals surface area contributed by atoms with E-state index in [9.17, 15) is 0 Å². The van der Waals surface area contributed by atoms with Crippen LogP contribution in [0.3, 0.4) is 0 Å². The number of hydrogen-bond donors (Lipinski definition) is 0. The van der Waals surface area contributed by atoms with Crippen LogP contribution >= 0.6 is 0 Å². The summed E-state index contributed by atoms with van der Waals surface area (Å²) in [5.74, 6) is 0.626. The van der Waals surface area contributed by atoms with Crippen LogP contribution < -0.4 is 0 Å². The van der Waals surface area contributed by atoms with Gasteiger partial charge in [-0.25, -0.2) is 0 Å². The van der Waals surface area contributed by atoms with E-state index in [1.807, 2.05) is 18.4 Å². The third-order valence-corrected chi connectivity index (χ3v) is 4.53. The molecule has 0 radical (unpaired) electrons. The standard InChI is InChI=1S/C20H27NO/c1-2-3-4-5-6-15-22-20-13-11-19(12-14-20)18-9-7-17(16-21)8-10-18/h6-10,15,19-20H,2-5,11-14H2,1H3. The second-order valence-corrected chi connectivity index (χ2v) is 6.21. The number of benzene rings is 1. The zero-order chi connectivity index (χ0) is 15.6. The molecule has 0 heterocycles. The van der Waals surface area contributed by atoms with Gasteiger partial charge in [-0.15, -0.1) is 0 Å². The van der Waals surface area contributed by atoms with E-state index in [2.05, 4.69) is 31.2 Å². The Morgan fingerprint density at radius 3 is 2.50 bits per heavy atom. The van der Waals surface area contributed by atoms with E-state index in [-0.39, 0.29) is 0 Å². The number of allylic oxidation sites excluding steroid dienone is 1. The van der Waals surface area contributed by atoms with Gasteiger partial charge in [-0.2, -0.15) is 5.26 Å². The molecule has 118 valence electrons. The zero-order valence-electron chi connectivity index (χ0n) is 13.6. The molecule has 22 heavy (non-hydrogen) atoms. The number of nitrogens with zero attached hydrogens (tertiary/aromatic N) is 1. The highest BCUT2D eigenvalue weighted by Gasteiger charge is 2.22. The molecule has 0 aromatic heterocycles. The predicted molar refractivity (Wildman–Crippen MR) is 90.5 cm³/mol. The summed E-state index contributed by atoms with van der Waals surface area (Å²) < 4.78 is 5.86. The van der Waals surface area contributed by atoms with E-state index < -0.39 is 0 Å². The SMILES string of the molecule is CCCCCC=COC1CCC(c2ccc(C#N)cc2)CC1. The predicted octanol–water partition coefficient (Wildman–Crippen LogP) is 5.70. The van der Waals surface area contributed by atoms with Gasteiger partial charge in [-0.1, -0.05) is 31.9 Å². The minimum absolute atomic E-state index is 0.386. The van der Waals surface area contributed by atoms with E-state index in [0.29, 0.717) is 12.0 Å². The molecule has 0 aliphatic heterocycles. The van der Waals surface area contributed by atoms with Crippen molar-refractivity contribution in [2.75, 3.05) is 0 Å². The van der Waals surface area contributed by atoms with Crippen molar-refractivity contribution >= 4 is 0 Å². The Morgan fingerprint density at radius 2 is 1.86 bits per heavy atom. The zero-order valence-corrected chi connectivity index (χ0v) is 13.6. The van der Waals surface area contributed by atoms with Crippen LogP contribution in [0.15, 0.2) is 36.6 Å². The average molecular weight is 297 g/mol. The van der Waals surface area contributed by atoms with Crippen molar-refractivity contribution in [2.24, 2.45) is 0 Å². The largest absolute Gasteiger partial charge is 0.498 e. The first-order valence-corrected chi connectivity index (χ1v) is 8.64. The number of rotatable bonds is 7. The Hall–Kier alpha value is -1.75. The van der Waals surface area contributed by atoms with Crippen LogP contribution in [-0.2, 0) is 4.74 Å². The number of ether oxygens (including phenoxy) is 1. The highest BCUT2D eigenvalue weighted by Crippen LogP contribution is 2.34. The number of hydrogen-bond acceptors (Lipinski definition) is 2. The molecular weight excluding hydrogens is 270 g/mol. The number of unbranched alkanes of at least 4 members (excludes halogenated alkanes) is 3. The first-order chi connectivity index (χ1) is 10.8. The Morgan fingerprint density at radius 1 is 1.14 bits per heavy atom. The molecule has 0 atom stereocenters. The molecular formula is C20H27NO. The fraction of sp³-hybridized carbons (Fsp3) is 0.550. The Balaban J connectivity index is 1.70. The van der Waals surface area contributed by atoms with E-state index in [4.69, 9.17) is 10.00 Å². The van der Waals surface area contributed by atoms with Crippen LogP contribution in [0.1, 0.15) is 75.3 Å². The van der Waals surface area contributed by atoms with E-state index in [1.165, 1.54) is 37.7 Å². The van der Waals surface area contributed by atoms with Crippen molar-refractivity contribution in [1.29, 1.82) is 5.26 Å². The third-order valence-electron chi connectivity index (χ3n) is 4.53. The molecule has 0 N–H and O–H groups in total. The Kier molecular flexibility index (Phi) is 7.03. The maximum atomic E-state index is 8.85. The fourth-order valence-electron chi connectivity index (χ4n) is 3.11. The van der Waals surface area contributed by atoms with Gasteiger partial charge in [0.1, 0.15) is 0 Å². The summed E-state index contributed by atoms with van der Waals surface area (Å²) in [4.78, 5) is 0. The summed E-state index contributed by atoms with van der Waals surface area (Å²) in [6.07, 6.45) is 14.1. The lowest BCUT2D eigenvalue weighted by molar-refractivity contribution is 0.0991. The highest BCUT2D eigenvalue weighted by atomic mass is 16.5. The molecule has 1 aromatic rings. The van der Waals surface area contributed by atoms with E-state index in [0.717, 1.165) is 24.8 Å². The first-order valence-electron chi connectivity index (χ1n) is 8.64. The van der Waals surface area contributed by atoms with Crippen molar-refractivity contribution in [2.45, 2.75) is 70.3 Å². The van der Waals surface area contributed by atoms with Crippen molar-refractivity contribution in [3.05, 3.63) is 47.7 Å². The molecule has 1 aliphatic carbocycles. The molecule has 1 fully saturated rings. The average Bonchev–Trinajstić information content (AvgIpc) is 2.59. The molecule has 1 saturated carbocycles. The van der Waals surface area contributed by atoms with Gasteiger partial charge in [-0.3, -0.25) is 0 Å². The minimum atomic E-state index is 0.386. The van der Waals surface area contributed by atoms with Crippen LogP contribution in [0.4, 0.5) is 0 Å².